The lowest BCUT2D eigenvalue weighted by molar-refractivity contribution is 0.544. The fourth-order valence-corrected chi connectivity index (χ4v) is 4.23. The molecule has 1 aromatic carbocycles. The highest BCUT2D eigenvalue weighted by Crippen LogP contribution is 2.39. The second-order valence-corrected chi connectivity index (χ2v) is 6.23. The monoisotopic (exact) mass is 237 g/mol. The van der Waals surface area contributed by atoms with Gasteiger partial charge < -0.3 is 5.32 Å². The average Bonchev–Trinajstić information content (AvgIpc) is 2.50. The van der Waals surface area contributed by atoms with Crippen molar-refractivity contribution in [3.05, 3.63) is 28.8 Å². The minimum Gasteiger partial charge on any atom is -0.309 e. The number of aryl methyl sites for hydroxylation is 2. The Hall–Kier alpha value is -0.670. The van der Waals surface area contributed by atoms with E-state index in [4.69, 9.17) is 0 Å². The number of hydrogen-bond acceptors (Lipinski definition) is 2. The van der Waals surface area contributed by atoms with Gasteiger partial charge in [-0.15, -0.1) is 0 Å². The third-order valence-electron chi connectivity index (χ3n) is 3.35. The van der Waals surface area contributed by atoms with E-state index in [9.17, 15) is 4.21 Å². The summed E-state index contributed by atoms with van der Waals surface area (Å²) in [5, 5.41) is 3.63. The predicted molar refractivity (Wildman–Crippen MR) is 68.2 cm³/mol. The average molecular weight is 237 g/mol. The lowest BCUT2D eigenvalue weighted by atomic mass is 9.97. The third kappa shape index (κ3) is 1.62. The van der Waals surface area contributed by atoms with Crippen LogP contribution in [0.25, 0.3) is 0 Å². The van der Waals surface area contributed by atoms with Crippen molar-refractivity contribution in [2.75, 3.05) is 6.54 Å². The number of nitrogens with one attached hydrogen (secondary N) is 1. The van der Waals surface area contributed by atoms with Crippen molar-refractivity contribution in [1.82, 2.24) is 5.32 Å². The van der Waals surface area contributed by atoms with Crippen molar-refractivity contribution in [3.63, 3.8) is 0 Å². The van der Waals surface area contributed by atoms with Crippen molar-refractivity contribution in [3.8, 4) is 0 Å². The van der Waals surface area contributed by atoms with Gasteiger partial charge in [0.25, 0.3) is 0 Å². The highest BCUT2D eigenvalue weighted by molar-refractivity contribution is 7.86. The van der Waals surface area contributed by atoms with E-state index in [2.05, 4.69) is 45.1 Å². The van der Waals surface area contributed by atoms with E-state index >= 15 is 0 Å². The van der Waals surface area contributed by atoms with E-state index < -0.39 is 10.8 Å². The van der Waals surface area contributed by atoms with Gasteiger partial charge in [-0.1, -0.05) is 19.1 Å². The molecule has 1 aliphatic rings. The zero-order valence-electron chi connectivity index (χ0n) is 10.3. The van der Waals surface area contributed by atoms with Gasteiger partial charge in [0.05, 0.1) is 16.0 Å². The Labute approximate surface area is 99.9 Å². The fourth-order valence-electron chi connectivity index (χ4n) is 2.49. The van der Waals surface area contributed by atoms with Crippen LogP contribution in [0.2, 0.25) is 0 Å². The highest BCUT2D eigenvalue weighted by Gasteiger charge is 2.37. The molecule has 0 saturated heterocycles. The molecule has 0 aromatic heterocycles. The maximum Gasteiger partial charge on any atom is 0.0583 e. The minimum atomic E-state index is -0.858. The summed E-state index contributed by atoms with van der Waals surface area (Å²) in [6.45, 7) is 9.25. The number of benzene rings is 1. The summed E-state index contributed by atoms with van der Waals surface area (Å²) >= 11 is 0. The Morgan fingerprint density at radius 3 is 2.56 bits per heavy atom. The maximum absolute atomic E-state index is 12.3. The zero-order chi connectivity index (χ0) is 11.9. The number of rotatable bonds is 2. The summed E-state index contributed by atoms with van der Waals surface area (Å²) in [6.07, 6.45) is 0. The molecule has 1 N–H and O–H groups in total. The van der Waals surface area contributed by atoms with E-state index in [1.165, 1.54) is 11.1 Å². The van der Waals surface area contributed by atoms with E-state index in [-0.39, 0.29) is 11.3 Å². The molecule has 88 valence electrons. The maximum atomic E-state index is 12.3. The van der Waals surface area contributed by atoms with Crippen molar-refractivity contribution in [2.24, 2.45) is 0 Å². The van der Waals surface area contributed by atoms with Crippen LogP contribution in [0.3, 0.4) is 0 Å². The second kappa shape index (κ2) is 4.30. The van der Waals surface area contributed by atoms with Crippen LogP contribution in [0.4, 0.5) is 0 Å². The summed E-state index contributed by atoms with van der Waals surface area (Å²) < 4.78 is 12.3. The smallest absolute Gasteiger partial charge is 0.0583 e. The standard InChI is InChI=1S/C13H19NOS/c1-5-14-12-10(4)16(15)13-9(3)7-6-8(2)11(12)13/h6-7,10,12,14H,5H2,1-4H3. The molecule has 3 heteroatoms. The van der Waals surface area contributed by atoms with Gasteiger partial charge in [0.2, 0.25) is 0 Å². The van der Waals surface area contributed by atoms with Gasteiger partial charge in [-0.3, -0.25) is 4.21 Å². The van der Waals surface area contributed by atoms with Gasteiger partial charge in [0.1, 0.15) is 0 Å². The van der Waals surface area contributed by atoms with Crippen molar-refractivity contribution >= 4 is 10.8 Å². The molecule has 3 unspecified atom stereocenters. The number of fused-ring (bicyclic) bond motifs is 1. The summed E-state index contributed by atoms with van der Waals surface area (Å²) in [5.74, 6) is 0. The van der Waals surface area contributed by atoms with Crippen LogP contribution in [-0.2, 0) is 10.8 Å². The molecule has 2 rings (SSSR count). The predicted octanol–water partition coefficient (Wildman–Crippen LogP) is 2.46. The van der Waals surface area contributed by atoms with E-state index in [0.717, 1.165) is 17.0 Å². The molecular weight excluding hydrogens is 218 g/mol. The molecule has 0 spiro atoms. The lowest BCUT2D eigenvalue weighted by Crippen LogP contribution is -2.27. The molecule has 0 radical (unpaired) electrons. The molecule has 16 heavy (non-hydrogen) atoms. The second-order valence-electron chi connectivity index (χ2n) is 4.48. The summed E-state index contributed by atoms with van der Waals surface area (Å²) in [6, 6.07) is 4.46. The van der Waals surface area contributed by atoms with Crippen LogP contribution in [0.15, 0.2) is 17.0 Å². The van der Waals surface area contributed by atoms with E-state index in [1.807, 2.05) is 0 Å². The summed E-state index contributed by atoms with van der Waals surface area (Å²) in [7, 11) is -0.858. The fraction of sp³-hybridized carbons (Fsp3) is 0.538. The van der Waals surface area contributed by atoms with E-state index in [1.54, 1.807) is 0 Å². The minimum absolute atomic E-state index is 0.176. The normalized spacial score (nSPS) is 28.1. The summed E-state index contributed by atoms with van der Waals surface area (Å²) in [5.41, 5.74) is 3.68. The van der Waals surface area contributed by atoms with Gasteiger partial charge >= 0.3 is 0 Å². The van der Waals surface area contributed by atoms with Crippen molar-refractivity contribution in [2.45, 2.75) is 43.9 Å². The Morgan fingerprint density at radius 2 is 1.94 bits per heavy atom. The molecule has 2 nitrogen and oxygen atoms in total. The first-order chi connectivity index (χ1) is 7.57. The van der Waals surface area contributed by atoms with Gasteiger partial charge in [-0.05, 0) is 44.0 Å². The molecule has 0 aliphatic carbocycles. The Bertz CT molecular complexity index is 442. The SMILES string of the molecule is CCNC1c2c(C)ccc(C)c2S(=O)C1C. The number of hydrogen-bond donors (Lipinski definition) is 1. The third-order valence-corrected chi connectivity index (χ3v) is 5.25. The Morgan fingerprint density at radius 1 is 1.31 bits per heavy atom. The molecule has 0 amide bonds. The van der Waals surface area contributed by atoms with Crippen LogP contribution in [0.1, 0.15) is 36.6 Å². The van der Waals surface area contributed by atoms with Crippen LogP contribution >= 0.6 is 0 Å². The topological polar surface area (TPSA) is 29.1 Å². The Balaban J connectivity index is 2.60. The molecule has 1 heterocycles. The van der Waals surface area contributed by atoms with E-state index in [0.29, 0.717) is 0 Å². The molecule has 1 aliphatic heterocycles. The molecule has 3 atom stereocenters. The molecular formula is C13H19NOS. The largest absolute Gasteiger partial charge is 0.309 e. The van der Waals surface area contributed by atoms with Crippen LogP contribution < -0.4 is 5.32 Å². The first-order valence-corrected chi connectivity index (χ1v) is 7.03. The van der Waals surface area contributed by atoms with Gasteiger partial charge in [0, 0.05) is 10.9 Å². The van der Waals surface area contributed by atoms with Crippen LogP contribution in [0, 0.1) is 13.8 Å². The Kier molecular flexibility index (Phi) is 3.17. The van der Waals surface area contributed by atoms with Gasteiger partial charge in [-0.25, -0.2) is 0 Å². The molecule has 0 fully saturated rings. The molecule has 0 saturated carbocycles. The van der Waals surface area contributed by atoms with Crippen molar-refractivity contribution in [1.29, 1.82) is 0 Å². The van der Waals surface area contributed by atoms with Crippen LogP contribution in [-0.4, -0.2) is 16.0 Å². The lowest BCUT2D eigenvalue weighted by Gasteiger charge is -2.17. The highest BCUT2D eigenvalue weighted by atomic mass is 32.2. The molecule has 0 bridgehead atoms. The van der Waals surface area contributed by atoms with Gasteiger partial charge in [-0.2, -0.15) is 0 Å². The zero-order valence-corrected chi connectivity index (χ0v) is 11.1. The van der Waals surface area contributed by atoms with Crippen LogP contribution in [0.5, 0.6) is 0 Å². The first-order valence-electron chi connectivity index (χ1n) is 5.82. The quantitative estimate of drug-likeness (QED) is 0.856. The van der Waals surface area contributed by atoms with Gasteiger partial charge in [0.15, 0.2) is 0 Å². The van der Waals surface area contributed by atoms with Crippen molar-refractivity contribution < 1.29 is 4.21 Å². The molecule has 1 aromatic rings. The summed E-state index contributed by atoms with van der Waals surface area (Å²) in [4.78, 5) is 1.07. The first kappa shape index (κ1) is 11.8.